The third-order valence-electron chi connectivity index (χ3n) is 7.21. The molecule has 0 saturated carbocycles. The quantitative estimate of drug-likeness (QED) is 0.381. The fourth-order valence-electron chi connectivity index (χ4n) is 4.98. The maximum atomic E-state index is 12.9. The Bertz CT molecular complexity index is 830. The Morgan fingerprint density at radius 2 is 1.91 bits per heavy atom. The number of hydrogen-bond acceptors (Lipinski definition) is 4. The van der Waals surface area contributed by atoms with Crippen molar-refractivity contribution in [1.82, 2.24) is 20.4 Å². The van der Waals surface area contributed by atoms with Crippen LogP contribution in [0.25, 0.3) is 0 Å². The van der Waals surface area contributed by atoms with E-state index in [1.165, 1.54) is 5.54 Å². The largest absolute Gasteiger partial charge is 0.371 e. The predicted octanol–water partition coefficient (Wildman–Crippen LogP) is 3.43. The van der Waals surface area contributed by atoms with Crippen LogP contribution in [0.1, 0.15) is 53.9 Å². The average molecular weight is 493 g/mol. The summed E-state index contributed by atoms with van der Waals surface area (Å²) >= 11 is 5.97. The summed E-state index contributed by atoms with van der Waals surface area (Å²) in [5, 5.41) is 5.88. The minimum atomic E-state index is -0.276. The van der Waals surface area contributed by atoms with Crippen LogP contribution in [0.2, 0.25) is 0 Å². The number of carbonyl (C=O) groups is 3. The lowest BCUT2D eigenvalue weighted by atomic mass is 9.84. The topological polar surface area (TPSA) is 81.8 Å². The molecule has 34 heavy (non-hydrogen) atoms. The molecule has 3 amide bonds. The van der Waals surface area contributed by atoms with Crippen LogP contribution >= 0.6 is 11.6 Å². The number of carbonyl (C=O) groups excluding carboxylic acids is 3. The second-order valence-corrected chi connectivity index (χ2v) is 9.96. The molecular formula is C26H41ClN4O3. The van der Waals surface area contributed by atoms with Crippen LogP contribution in [0, 0.1) is 17.8 Å². The third-order valence-corrected chi connectivity index (χ3v) is 7.34. The Hall–Kier alpha value is -2.28. The molecule has 2 heterocycles. The van der Waals surface area contributed by atoms with E-state index in [0.717, 1.165) is 56.7 Å². The molecule has 3 unspecified atom stereocenters. The van der Waals surface area contributed by atoms with Crippen LogP contribution in [0.5, 0.6) is 0 Å². The van der Waals surface area contributed by atoms with Crippen LogP contribution in [0.3, 0.4) is 0 Å². The summed E-state index contributed by atoms with van der Waals surface area (Å²) in [5.74, 6) is 0.258. The highest BCUT2D eigenvalue weighted by molar-refractivity contribution is 6.25. The van der Waals surface area contributed by atoms with Crippen molar-refractivity contribution in [2.75, 3.05) is 32.7 Å². The summed E-state index contributed by atoms with van der Waals surface area (Å²) in [6.07, 6.45) is 4.61. The second kappa shape index (κ2) is 13.0. The number of nitrogens with one attached hydrogen (secondary N) is 2. The SMILES string of the molecule is C=C(C(=O)NCC1C(=O)NC(C)CC1C)/C(C)=C(\C=C\Cl)N(CC)CC1CCN(C(C)=O)CC1. The predicted molar refractivity (Wildman–Crippen MR) is 137 cm³/mol. The van der Waals surface area contributed by atoms with Gasteiger partial charge in [-0.15, -0.1) is 0 Å². The van der Waals surface area contributed by atoms with Crippen LogP contribution in [0.15, 0.2) is 35.0 Å². The van der Waals surface area contributed by atoms with Gasteiger partial charge >= 0.3 is 0 Å². The van der Waals surface area contributed by atoms with Gasteiger partial charge in [0.25, 0.3) is 5.91 Å². The van der Waals surface area contributed by atoms with E-state index in [1.807, 2.05) is 24.8 Å². The Balaban J connectivity index is 2.06. The van der Waals surface area contributed by atoms with Gasteiger partial charge in [-0.3, -0.25) is 14.4 Å². The Morgan fingerprint density at radius 1 is 1.26 bits per heavy atom. The molecule has 0 aromatic heterocycles. The van der Waals surface area contributed by atoms with Gasteiger partial charge in [0.15, 0.2) is 0 Å². The van der Waals surface area contributed by atoms with Crippen molar-refractivity contribution >= 4 is 29.3 Å². The monoisotopic (exact) mass is 492 g/mol. The number of likely N-dealkylation sites (N-methyl/N-ethyl adjacent to an activating group) is 1. The van der Waals surface area contributed by atoms with E-state index in [0.29, 0.717) is 11.5 Å². The lowest BCUT2D eigenvalue weighted by Gasteiger charge is -2.36. The van der Waals surface area contributed by atoms with Gasteiger partial charge in [-0.25, -0.2) is 0 Å². The van der Waals surface area contributed by atoms with Gasteiger partial charge in [0.1, 0.15) is 0 Å². The highest BCUT2D eigenvalue weighted by Gasteiger charge is 2.32. The number of amides is 3. The molecule has 0 aliphatic carbocycles. The molecule has 0 spiro atoms. The highest BCUT2D eigenvalue weighted by atomic mass is 35.5. The highest BCUT2D eigenvalue weighted by Crippen LogP contribution is 2.25. The van der Waals surface area contributed by atoms with E-state index in [-0.39, 0.29) is 42.1 Å². The number of nitrogens with zero attached hydrogens (tertiary/aromatic N) is 2. The molecular weight excluding hydrogens is 452 g/mol. The zero-order valence-electron chi connectivity index (χ0n) is 21.3. The lowest BCUT2D eigenvalue weighted by molar-refractivity contribution is -0.131. The number of halogens is 1. The van der Waals surface area contributed by atoms with Gasteiger partial charge in [-0.05, 0) is 63.5 Å². The van der Waals surface area contributed by atoms with Crippen molar-refractivity contribution in [3.8, 4) is 0 Å². The first-order valence-electron chi connectivity index (χ1n) is 12.3. The molecule has 0 aromatic carbocycles. The molecule has 0 aromatic rings. The fraction of sp³-hybridized carbons (Fsp3) is 0.654. The van der Waals surface area contributed by atoms with Crippen LogP contribution in [-0.2, 0) is 14.4 Å². The van der Waals surface area contributed by atoms with Crippen molar-refractivity contribution < 1.29 is 14.4 Å². The molecule has 2 fully saturated rings. The van der Waals surface area contributed by atoms with Gasteiger partial charge in [0.2, 0.25) is 11.8 Å². The van der Waals surface area contributed by atoms with Gasteiger partial charge in [0.05, 0.1) is 5.92 Å². The number of allylic oxidation sites excluding steroid dienone is 1. The van der Waals surface area contributed by atoms with Gasteiger partial charge < -0.3 is 20.4 Å². The summed E-state index contributed by atoms with van der Waals surface area (Å²) in [7, 11) is 0. The molecule has 3 atom stereocenters. The standard InChI is InChI=1S/C26H41ClN4O3/c1-7-30(16-22-9-12-31(13-10-22)21(6)32)24(8-11-27)19(4)20(5)25(33)28-15-23-17(2)14-18(3)29-26(23)34/h8,11,17-18,22-23H,5,7,9-10,12-16H2,1-4,6H3,(H,28,33)(H,29,34)/b11-8+,24-19+. The second-order valence-electron chi connectivity index (χ2n) is 9.71. The molecule has 2 N–H and O–H groups in total. The van der Waals surface area contributed by atoms with E-state index in [1.54, 1.807) is 6.92 Å². The smallest absolute Gasteiger partial charge is 0.251 e. The minimum Gasteiger partial charge on any atom is -0.371 e. The first-order valence-corrected chi connectivity index (χ1v) is 12.8. The number of likely N-dealkylation sites (tertiary alicyclic amines) is 1. The van der Waals surface area contributed by atoms with Gasteiger partial charge in [-0.1, -0.05) is 25.1 Å². The van der Waals surface area contributed by atoms with Crippen LogP contribution in [-0.4, -0.2) is 66.3 Å². The van der Waals surface area contributed by atoms with E-state index >= 15 is 0 Å². The van der Waals surface area contributed by atoms with Crippen LogP contribution < -0.4 is 10.6 Å². The van der Waals surface area contributed by atoms with Crippen molar-refractivity contribution in [2.24, 2.45) is 17.8 Å². The molecule has 2 aliphatic heterocycles. The number of hydrogen-bond donors (Lipinski definition) is 2. The fourth-order valence-corrected chi connectivity index (χ4v) is 5.10. The molecule has 8 heteroatoms. The van der Waals surface area contributed by atoms with Gasteiger partial charge in [-0.2, -0.15) is 0 Å². The summed E-state index contributed by atoms with van der Waals surface area (Å²) in [5.41, 5.74) is 3.45. The van der Waals surface area contributed by atoms with Crippen LogP contribution in [0.4, 0.5) is 0 Å². The average Bonchev–Trinajstić information content (AvgIpc) is 2.79. The molecule has 7 nitrogen and oxygen atoms in total. The molecule has 0 radical (unpaired) electrons. The molecule has 2 saturated heterocycles. The molecule has 2 aliphatic rings. The number of piperidine rings is 2. The minimum absolute atomic E-state index is 0.0110. The first-order chi connectivity index (χ1) is 16.1. The summed E-state index contributed by atoms with van der Waals surface area (Å²) in [6.45, 7) is 17.1. The van der Waals surface area contributed by atoms with Crippen molar-refractivity contribution in [2.45, 2.75) is 59.9 Å². The normalized spacial score (nSPS) is 24.5. The summed E-state index contributed by atoms with van der Waals surface area (Å²) < 4.78 is 0. The van der Waals surface area contributed by atoms with Crippen molar-refractivity contribution in [3.05, 3.63) is 35.0 Å². The zero-order chi connectivity index (χ0) is 25.4. The maximum absolute atomic E-state index is 12.9. The van der Waals surface area contributed by atoms with E-state index < -0.39 is 0 Å². The zero-order valence-corrected chi connectivity index (χ0v) is 22.1. The first kappa shape index (κ1) is 28.0. The summed E-state index contributed by atoms with van der Waals surface area (Å²) in [6, 6.07) is 0.161. The maximum Gasteiger partial charge on any atom is 0.251 e. The van der Waals surface area contributed by atoms with E-state index in [2.05, 4.69) is 36.0 Å². The Labute approximate surface area is 209 Å². The molecule has 2 rings (SSSR count). The van der Waals surface area contributed by atoms with Gasteiger partial charge in [0, 0.05) is 62.5 Å². The Kier molecular flexibility index (Phi) is 10.7. The summed E-state index contributed by atoms with van der Waals surface area (Å²) in [4.78, 5) is 41.0. The van der Waals surface area contributed by atoms with E-state index in [4.69, 9.17) is 11.6 Å². The van der Waals surface area contributed by atoms with Crippen molar-refractivity contribution in [1.29, 1.82) is 0 Å². The van der Waals surface area contributed by atoms with E-state index in [9.17, 15) is 14.4 Å². The third kappa shape index (κ3) is 7.36. The number of rotatable bonds is 9. The Morgan fingerprint density at radius 3 is 2.44 bits per heavy atom. The molecule has 190 valence electrons. The lowest BCUT2D eigenvalue weighted by Crippen LogP contribution is -2.50. The van der Waals surface area contributed by atoms with Crippen molar-refractivity contribution in [3.63, 3.8) is 0 Å². The molecule has 0 bridgehead atoms.